The highest BCUT2D eigenvalue weighted by molar-refractivity contribution is 7.99. The maximum absolute atomic E-state index is 5.86. The first-order valence-electron chi connectivity index (χ1n) is 8.13. The summed E-state index contributed by atoms with van der Waals surface area (Å²) in [6.07, 6.45) is 6.04. The molecule has 1 unspecified atom stereocenters. The van der Waals surface area contributed by atoms with Crippen LogP contribution in [0, 0.1) is 0 Å². The van der Waals surface area contributed by atoms with Crippen LogP contribution in [0.5, 0.6) is 0 Å². The molecule has 5 nitrogen and oxygen atoms in total. The van der Waals surface area contributed by atoms with Crippen LogP contribution in [-0.2, 0) is 9.47 Å². The van der Waals surface area contributed by atoms with Crippen molar-refractivity contribution >= 4 is 17.7 Å². The van der Waals surface area contributed by atoms with Crippen molar-refractivity contribution < 1.29 is 9.47 Å². The van der Waals surface area contributed by atoms with E-state index in [0.29, 0.717) is 12.1 Å². The van der Waals surface area contributed by atoms with E-state index in [1.807, 2.05) is 18.8 Å². The summed E-state index contributed by atoms with van der Waals surface area (Å²) in [7, 11) is 1.84. The molecule has 0 spiro atoms. The Morgan fingerprint density at radius 3 is 2.90 bits per heavy atom. The predicted octanol–water partition coefficient (Wildman–Crippen LogP) is 1.63. The summed E-state index contributed by atoms with van der Waals surface area (Å²) in [5.41, 5.74) is 0. The average Bonchev–Trinajstić information content (AvgIpc) is 2.55. The van der Waals surface area contributed by atoms with Gasteiger partial charge in [-0.25, -0.2) is 0 Å². The van der Waals surface area contributed by atoms with Crippen LogP contribution >= 0.6 is 11.8 Å². The molecule has 122 valence electrons. The van der Waals surface area contributed by atoms with Crippen LogP contribution in [0.1, 0.15) is 32.1 Å². The van der Waals surface area contributed by atoms with E-state index in [0.717, 1.165) is 51.6 Å². The summed E-state index contributed by atoms with van der Waals surface area (Å²) in [6, 6.07) is 0.563. The van der Waals surface area contributed by atoms with E-state index in [1.54, 1.807) is 0 Å². The molecule has 0 bridgehead atoms. The highest BCUT2D eigenvalue weighted by Crippen LogP contribution is 2.16. The maximum Gasteiger partial charge on any atom is 0.191 e. The second-order valence-electron chi connectivity index (χ2n) is 5.59. The van der Waals surface area contributed by atoms with Crippen LogP contribution < -0.4 is 10.6 Å². The van der Waals surface area contributed by atoms with Gasteiger partial charge in [0.2, 0.25) is 0 Å². The third-order valence-corrected chi connectivity index (χ3v) is 5.08. The fourth-order valence-electron chi connectivity index (χ4n) is 2.61. The number of ether oxygens (including phenoxy) is 2. The number of hydrogen-bond acceptors (Lipinski definition) is 4. The minimum atomic E-state index is 0.399. The Hall–Kier alpha value is -0.460. The summed E-state index contributed by atoms with van der Waals surface area (Å²) < 4.78 is 11.2. The average molecular weight is 315 g/mol. The molecular formula is C15H29N3O2S. The molecule has 21 heavy (non-hydrogen) atoms. The summed E-state index contributed by atoms with van der Waals surface area (Å²) in [5.74, 6) is 3.41. The summed E-state index contributed by atoms with van der Waals surface area (Å²) in [5, 5.41) is 6.89. The van der Waals surface area contributed by atoms with Gasteiger partial charge in [-0.3, -0.25) is 4.99 Å². The molecule has 6 heteroatoms. The Morgan fingerprint density at radius 1 is 1.33 bits per heavy atom. The minimum Gasteiger partial charge on any atom is -0.381 e. The molecule has 0 aromatic heterocycles. The standard InChI is InChI=1S/C15H29N3O2S/c1-16-15(18-13-4-2-11-21-12-13)17-7-3-8-20-14-5-9-19-10-6-14/h13-14H,2-12H2,1H3,(H2,16,17,18). The van der Waals surface area contributed by atoms with Gasteiger partial charge in [0.1, 0.15) is 0 Å². The fourth-order valence-corrected chi connectivity index (χ4v) is 3.69. The topological polar surface area (TPSA) is 54.9 Å². The molecule has 0 amide bonds. The third-order valence-electron chi connectivity index (χ3n) is 3.86. The molecule has 0 aliphatic carbocycles. The van der Waals surface area contributed by atoms with Crippen molar-refractivity contribution in [2.45, 2.75) is 44.2 Å². The van der Waals surface area contributed by atoms with Crippen LogP contribution in [0.25, 0.3) is 0 Å². The first kappa shape index (κ1) is 16.9. The normalized spacial score (nSPS) is 24.8. The van der Waals surface area contributed by atoms with Gasteiger partial charge in [0.25, 0.3) is 0 Å². The molecular weight excluding hydrogens is 286 g/mol. The van der Waals surface area contributed by atoms with Crippen molar-refractivity contribution in [2.75, 3.05) is 44.9 Å². The monoisotopic (exact) mass is 315 g/mol. The van der Waals surface area contributed by atoms with E-state index < -0.39 is 0 Å². The van der Waals surface area contributed by atoms with Crippen LogP contribution in [0.4, 0.5) is 0 Å². The smallest absolute Gasteiger partial charge is 0.191 e. The third kappa shape index (κ3) is 6.89. The van der Waals surface area contributed by atoms with E-state index >= 15 is 0 Å². The minimum absolute atomic E-state index is 0.399. The van der Waals surface area contributed by atoms with Gasteiger partial charge in [-0.2, -0.15) is 11.8 Å². The SMILES string of the molecule is CN=C(NCCCOC1CCOCC1)NC1CCCSC1. The molecule has 2 fully saturated rings. The zero-order valence-corrected chi connectivity index (χ0v) is 13.9. The van der Waals surface area contributed by atoms with Crippen LogP contribution in [-0.4, -0.2) is 63.0 Å². The lowest BCUT2D eigenvalue weighted by Crippen LogP contribution is -2.45. The summed E-state index contributed by atoms with van der Waals surface area (Å²) in [6.45, 7) is 3.41. The van der Waals surface area contributed by atoms with Crippen molar-refractivity contribution in [3.05, 3.63) is 0 Å². The highest BCUT2D eigenvalue weighted by atomic mass is 32.2. The molecule has 0 aromatic carbocycles. The van der Waals surface area contributed by atoms with E-state index in [2.05, 4.69) is 15.6 Å². The number of nitrogens with zero attached hydrogens (tertiary/aromatic N) is 1. The lowest BCUT2D eigenvalue weighted by Gasteiger charge is -2.25. The van der Waals surface area contributed by atoms with E-state index in [1.165, 1.54) is 24.3 Å². The predicted molar refractivity (Wildman–Crippen MR) is 89.3 cm³/mol. The molecule has 2 saturated heterocycles. The van der Waals surface area contributed by atoms with E-state index in [4.69, 9.17) is 9.47 Å². The van der Waals surface area contributed by atoms with Crippen LogP contribution in [0.3, 0.4) is 0 Å². The van der Waals surface area contributed by atoms with Gasteiger partial charge in [0.15, 0.2) is 5.96 Å². The first-order valence-corrected chi connectivity index (χ1v) is 9.28. The van der Waals surface area contributed by atoms with Gasteiger partial charge in [0, 0.05) is 45.2 Å². The van der Waals surface area contributed by atoms with Crippen molar-refractivity contribution in [3.63, 3.8) is 0 Å². The number of thioether (sulfide) groups is 1. The number of aliphatic imine (C=N–C) groups is 1. The van der Waals surface area contributed by atoms with Crippen molar-refractivity contribution in [2.24, 2.45) is 4.99 Å². The van der Waals surface area contributed by atoms with Crippen molar-refractivity contribution in [1.82, 2.24) is 10.6 Å². The van der Waals surface area contributed by atoms with E-state index in [-0.39, 0.29) is 0 Å². The molecule has 2 aliphatic heterocycles. The maximum atomic E-state index is 5.86. The molecule has 0 aromatic rings. The summed E-state index contributed by atoms with van der Waals surface area (Å²) in [4.78, 5) is 4.30. The zero-order valence-electron chi connectivity index (χ0n) is 13.1. The Balaban J connectivity index is 1.51. The second kappa shape index (κ2) is 10.3. The number of nitrogens with one attached hydrogen (secondary N) is 2. The molecule has 0 radical (unpaired) electrons. The molecule has 2 rings (SSSR count). The Morgan fingerprint density at radius 2 is 2.19 bits per heavy atom. The van der Waals surface area contributed by atoms with Gasteiger partial charge < -0.3 is 20.1 Å². The Bertz CT molecular complexity index is 303. The molecule has 2 heterocycles. The molecule has 2 N–H and O–H groups in total. The van der Waals surface area contributed by atoms with Crippen LogP contribution in [0.2, 0.25) is 0 Å². The second-order valence-corrected chi connectivity index (χ2v) is 6.74. The van der Waals surface area contributed by atoms with Crippen molar-refractivity contribution in [1.29, 1.82) is 0 Å². The Kier molecular flexibility index (Phi) is 8.29. The number of hydrogen-bond donors (Lipinski definition) is 2. The lowest BCUT2D eigenvalue weighted by atomic mass is 10.1. The lowest BCUT2D eigenvalue weighted by molar-refractivity contribution is -0.0320. The first-order chi connectivity index (χ1) is 10.4. The molecule has 2 aliphatic rings. The van der Waals surface area contributed by atoms with Gasteiger partial charge in [0.05, 0.1) is 6.10 Å². The van der Waals surface area contributed by atoms with Crippen molar-refractivity contribution in [3.8, 4) is 0 Å². The van der Waals surface area contributed by atoms with Gasteiger partial charge in [-0.05, 0) is 37.9 Å². The highest BCUT2D eigenvalue weighted by Gasteiger charge is 2.15. The molecule has 0 saturated carbocycles. The zero-order chi connectivity index (χ0) is 14.8. The van der Waals surface area contributed by atoms with Gasteiger partial charge in [-0.1, -0.05) is 0 Å². The molecule has 1 atom stereocenters. The Labute approximate surface area is 132 Å². The quantitative estimate of drug-likeness (QED) is 0.443. The number of rotatable bonds is 6. The number of guanidine groups is 1. The van der Waals surface area contributed by atoms with E-state index in [9.17, 15) is 0 Å². The van der Waals surface area contributed by atoms with Crippen LogP contribution in [0.15, 0.2) is 4.99 Å². The largest absolute Gasteiger partial charge is 0.381 e. The fraction of sp³-hybridized carbons (Fsp3) is 0.933. The van der Waals surface area contributed by atoms with Gasteiger partial charge >= 0.3 is 0 Å². The summed E-state index contributed by atoms with van der Waals surface area (Å²) >= 11 is 2.03. The van der Waals surface area contributed by atoms with Gasteiger partial charge in [-0.15, -0.1) is 0 Å².